The molecule has 0 saturated heterocycles. The van der Waals surface area contributed by atoms with Crippen molar-refractivity contribution in [2.75, 3.05) is 19.6 Å². The zero-order chi connectivity index (χ0) is 13.0. The van der Waals surface area contributed by atoms with Gasteiger partial charge in [0, 0.05) is 18.4 Å². The number of hydrogen-bond donors (Lipinski definition) is 0. The van der Waals surface area contributed by atoms with E-state index in [0.29, 0.717) is 12.2 Å². The first-order valence-electron chi connectivity index (χ1n) is 6.48. The fourth-order valence-corrected chi connectivity index (χ4v) is 2.04. The summed E-state index contributed by atoms with van der Waals surface area (Å²) < 4.78 is 5.56. The van der Waals surface area contributed by atoms with Crippen LogP contribution in [0.4, 0.5) is 0 Å². The first-order chi connectivity index (χ1) is 8.74. The molecular weight excluding hydrogens is 226 g/mol. The highest BCUT2D eigenvalue weighted by Crippen LogP contribution is 2.19. The monoisotopic (exact) mass is 245 g/mol. The van der Waals surface area contributed by atoms with Gasteiger partial charge in [-0.1, -0.05) is 32.0 Å². The molecule has 0 radical (unpaired) electrons. The molecule has 2 aromatic rings. The van der Waals surface area contributed by atoms with Gasteiger partial charge in [-0.15, -0.1) is 0 Å². The summed E-state index contributed by atoms with van der Waals surface area (Å²) in [5.74, 6) is 0.557. The van der Waals surface area contributed by atoms with Crippen LogP contribution >= 0.6 is 0 Å². The maximum atomic E-state index is 12.0. The van der Waals surface area contributed by atoms with Crippen LogP contribution in [0.15, 0.2) is 34.7 Å². The van der Waals surface area contributed by atoms with E-state index in [9.17, 15) is 4.79 Å². The van der Waals surface area contributed by atoms with Crippen LogP contribution in [0.2, 0.25) is 0 Å². The molecule has 0 atom stereocenters. The van der Waals surface area contributed by atoms with Crippen molar-refractivity contribution in [3.8, 4) is 0 Å². The minimum absolute atomic E-state index is 0.0816. The highest BCUT2D eigenvalue weighted by atomic mass is 16.3. The Morgan fingerprint density at radius 2 is 1.94 bits per heavy atom. The number of hydrogen-bond acceptors (Lipinski definition) is 3. The summed E-state index contributed by atoms with van der Waals surface area (Å²) in [5, 5.41) is 0.990. The molecule has 96 valence electrons. The zero-order valence-electron chi connectivity index (χ0n) is 11.0. The van der Waals surface area contributed by atoms with Crippen LogP contribution in [0.3, 0.4) is 0 Å². The van der Waals surface area contributed by atoms with E-state index in [1.165, 1.54) is 0 Å². The number of nitrogens with zero attached hydrogens (tertiary/aromatic N) is 1. The van der Waals surface area contributed by atoms with E-state index < -0.39 is 0 Å². The topological polar surface area (TPSA) is 33.5 Å². The first kappa shape index (κ1) is 12.8. The molecule has 2 rings (SSSR count). The molecule has 0 N–H and O–H groups in total. The molecule has 3 heteroatoms. The Bertz CT molecular complexity index is 493. The van der Waals surface area contributed by atoms with Crippen LogP contribution in [-0.2, 0) is 0 Å². The van der Waals surface area contributed by atoms with E-state index in [0.717, 1.165) is 30.6 Å². The Hall–Kier alpha value is -1.61. The lowest BCUT2D eigenvalue weighted by Crippen LogP contribution is -2.25. The second-order valence-electron chi connectivity index (χ2n) is 4.35. The molecule has 0 amide bonds. The van der Waals surface area contributed by atoms with Crippen LogP contribution in [0.1, 0.15) is 30.8 Å². The van der Waals surface area contributed by atoms with Crippen molar-refractivity contribution >= 4 is 16.8 Å². The Kier molecular flexibility index (Phi) is 4.15. The molecule has 18 heavy (non-hydrogen) atoms. The number of carbonyl (C=O) groups is 1. The van der Waals surface area contributed by atoms with Crippen molar-refractivity contribution < 1.29 is 9.21 Å². The lowest BCUT2D eigenvalue weighted by molar-refractivity contribution is 0.0941. The number of Topliss-reactive ketones (excluding diaryl/α,β-unsaturated/α-hetero) is 1. The summed E-state index contributed by atoms with van der Waals surface area (Å²) >= 11 is 0. The van der Waals surface area contributed by atoms with E-state index in [1.54, 1.807) is 0 Å². The summed E-state index contributed by atoms with van der Waals surface area (Å²) in [6, 6.07) is 9.54. The van der Waals surface area contributed by atoms with E-state index in [4.69, 9.17) is 4.42 Å². The van der Waals surface area contributed by atoms with Crippen molar-refractivity contribution in [3.05, 3.63) is 36.1 Å². The summed E-state index contributed by atoms with van der Waals surface area (Å²) in [4.78, 5) is 14.3. The molecule has 0 saturated carbocycles. The average Bonchev–Trinajstić information content (AvgIpc) is 2.83. The van der Waals surface area contributed by atoms with Gasteiger partial charge in [0.05, 0.1) is 0 Å². The maximum Gasteiger partial charge on any atom is 0.199 e. The molecule has 1 heterocycles. The number of benzene rings is 1. The quantitative estimate of drug-likeness (QED) is 0.732. The van der Waals surface area contributed by atoms with Crippen LogP contribution in [0.5, 0.6) is 0 Å². The van der Waals surface area contributed by atoms with Crippen LogP contribution < -0.4 is 0 Å². The molecule has 0 spiro atoms. The third-order valence-electron chi connectivity index (χ3n) is 3.25. The van der Waals surface area contributed by atoms with Crippen molar-refractivity contribution in [2.24, 2.45) is 0 Å². The van der Waals surface area contributed by atoms with Gasteiger partial charge in [0.2, 0.25) is 0 Å². The van der Waals surface area contributed by atoms with Gasteiger partial charge in [0.1, 0.15) is 5.58 Å². The van der Waals surface area contributed by atoms with Crippen molar-refractivity contribution in [1.82, 2.24) is 4.90 Å². The van der Waals surface area contributed by atoms with E-state index in [1.807, 2.05) is 30.3 Å². The van der Waals surface area contributed by atoms with E-state index in [2.05, 4.69) is 18.7 Å². The molecule has 0 fully saturated rings. The lowest BCUT2D eigenvalue weighted by Gasteiger charge is -2.16. The fraction of sp³-hybridized carbons (Fsp3) is 0.400. The number of rotatable bonds is 6. The molecular formula is C15H19NO2. The van der Waals surface area contributed by atoms with Gasteiger partial charge in [-0.25, -0.2) is 0 Å². The number of ketones is 1. The van der Waals surface area contributed by atoms with Crippen molar-refractivity contribution in [2.45, 2.75) is 20.3 Å². The highest BCUT2D eigenvalue weighted by Gasteiger charge is 2.12. The Labute approximate surface area is 107 Å². The summed E-state index contributed by atoms with van der Waals surface area (Å²) in [6.07, 6.45) is 0.515. The average molecular weight is 245 g/mol. The molecule has 0 aliphatic carbocycles. The van der Waals surface area contributed by atoms with Crippen LogP contribution in [-0.4, -0.2) is 30.3 Å². The Balaban J connectivity index is 2.04. The molecule has 0 aliphatic rings. The first-order valence-corrected chi connectivity index (χ1v) is 6.48. The standard InChI is InChI=1S/C15H19NO2/c1-3-16(4-2)10-9-13(17)15-11-12-7-5-6-8-14(12)18-15/h5-8,11H,3-4,9-10H2,1-2H3. The molecule has 1 aromatic carbocycles. The summed E-state index contributed by atoms with van der Waals surface area (Å²) in [5.41, 5.74) is 0.781. The third kappa shape index (κ3) is 2.79. The molecule has 1 aromatic heterocycles. The zero-order valence-corrected chi connectivity index (χ0v) is 11.0. The smallest absolute Gasteiger partial charge is 0.199 e. The van der Waals surface area contributed by atoms with Gasteiger partial charge in [0.15, 0.2) is 11.5 Å². The highest BCUT2D eigenvalue weighted by molar-refractivity contribution is 5.97. The van der Waals surface area contributed by atoms with Crippen molar-refractivity contribution in [3.63, 3.8) is 0 Å². The lowest BCUT2D eigenvalue weighted by atomic mass is 10.2. The van der Waals surface area contributed by atoms with Gasteiger partial charge >= 0.3 is 0 Å². The van der Waals surface area contributed by atoms with Crippen molar-refractivity contribution in [1.29, 1.82) is 0 Å². The van der Waals surface area contributed by atoms with E-state index >= 15 is 0 Å². The number of para-hydroxylation sites is 1. The SMILES string of the molecule is CCN(CC)CCC(=O)c1cc2ccccc2o1. The molecule has 0 aliphatic heterocycles. The number of carbonyl (C=O) groups excluding carboxylic acids is 1. The Morgan fingerprint density at radius 1 is 1.22 bits per heavy atom. The minimum atomic E-state index is 0.0816. The van der Waals surface area contributed by atoms with Crippen LogP contribution in [0.25, 0.3) is 11.0 Å². The fourth-order valence-electron chi connectivity index (χ4n) is 2.04. The summed E-state index contributed by atoms with van der Waals surface area (Å²) in [7, 11) is 0. The predicted octanol–water partition coefficient (Wildman–Crippen LogP) is 3.35. The maximum absolute atomic E-state index is 12.0. The van der Waals surface area contributed by atoms with E-state index in [-0.39, 0.29) is 5.78 Å². The molecule has 0 bridgehead atoms. The van der Waals surface area contributed by atoms with Gasteiger partial charge in [-0.3, -0.25) is 4.79 Å². The second-order valence-corrected chi connectivity index (χ2v) is 4.35. The van der Waals surface area contributed by atoms with Gasteiger partial charge < -0.3 is 9.32 Å². The molecule has 3 nitrogen and oxygen atoms in total. The second kappa shape index (κ2) is 5.83. The predicted molar refractivity (Wildman–Crippen MR) is 72.9 cm³/mol. The Morgan fingerprint density at radius 3 is 2.61 bits per heavy atom. The van der Waals surface area contributed by atoms with Crippen LogP contribution in [0, 0.1) is 0 Å². The summed E-state index contributed by atoms with van der Waals surface area (Å²) in [6.45, 7) is 6.96. The number of furan rings is 1. The van der Waals surface area contributed by atoms with Gasteiger partial charge in [-0.05, 0) is 25.2 Å². The van der Waals surface area contributed by atoms with Gasteiger partial charge in [-0.2, -0.15) is 0 Å². The van der Waals surface area contributed by atoms with Gasteiger partial charge in [0.25, 0.3) is 0 Å². The minimum Gasteiger partial charge on any atom is -0.453 e. The third-order valence-corrected chi connectivity index (χ3v) is 3.25. The largest absolute Gasteiger partial charge is 0.453 e. The number of fused-ring (bicyclic) bond motifs is 1. The molecule has 0 unspecified atom stereocenters. The normalized spacial score (nSPS) is 11.3.